The van der Waals surface area contributed by atoms with Crippen LogP contribution in [0, 0.1) is 0 Å². The molecule has 0 unspecified atom stereocenters. The molecule has 7 nitrogen and oxygen atoms in total. The highest BCUT2D eigenvalue weighted by Gasteiger charge is 2.47. The summed E-state index contributed by atoms with van der Waals surface area (Å²) in [5.74, 6) is 0.862. The Kier molecular flexibility index (Phi) is 7.46. The molecule has 1 aromatic carbocycles. The molecule has 0 N–H and O–H groups in total. The van der Waals surface area contributed by atoms with Crippen LogP contribution in [0.1, 0.15) is 44.2 Å². The van der Waals surface area contributed by atoms with Crippen molar-refractivity contribution in [3.63, 3.8) is 0 Å². The lowest BCUT2D eigenvalue weighted by Crippen LogP contribution is -2.47. The first-order valence-corrected chi connectivity index (χ1v) is 13.1. The number of carbonyl (C=O) groups is 1. The molecule has 4 heterocycles. The second-order valence-electron chi connectivity index (χ2n) is 10.1. The quantitative estimate of drug-likeness (QED) is 0.461. The summed E-state index contributed by atoms with van der Waals surface area (Å²) in [5, 5.41) is 0. The number of aromatic nitrogens is 1. The maximum atomic E-state index is 12.8. The molecular weight excluding hydrogens is 485 g/mol. The topological polar surface area (TPSA) is 58.1 Å². The van der Waals surface area contributed by atoms with E-state index in [2.05, 4.69) is 26.9 Å². The van der Waals surface area contributed by atoms with Gasteiger partial charge >= 0.3 is 12.3 Å². The highest BCUT2D eigenvalue weighted by Crippen LogP contribution is 2.37. The number of hydrogen-bond acceptors (Lipinski definition) is 6. The molecule has 200 valence electrons. The first kappa shape index (κ1) is 25.6. The Morgan fingerprint density at radius 3 is 2.30 bits per heavy atom. The summed E-state index contributed by atoms with van der Waals surface area (Å²) in [6.45, 7) is 5.93. The predicted octanol–water partition coefficient (Wildman–Crippen LogP) is 5.35. The molecule has 3 saturated heterocycles. The van der Waals surface area contributed by atoms with Gasteiger partial charge in [0.05, 0.1) is 25.0 Å². The van der Waals surface area contributed by atoms with Crippen LogP contribution in [0.4, 0.5) is 29.3 Å². The zero-order chi connectivity index (χ0) is 25.9. The SMILES string of the molecule is O=C1OC2(CCN(c3ccc(OCCCN4CCCCC4)cc3)CC2)CN1c1ccc(C(F)(F)F)nc1. The third kappa shape index (κ3) is 6.11. The van der Waals surface area contributed by atoms with E-state index in [9.17, 15) is 18.0 Å². The average Bonchev–Trinajstić information content (AvgIpc) is 3.23. The number of halogens is 3. The molecule has 0 saturated carbocycles. The number of carbonyl (C=O) groups excluding carboxylic acids is 1. The standard InChI is InChI=1S/C27H33F3N4O3/c28-27(29,30)24-10-7-22(19-31-24)34-20-26(37-25(34)35)11-16-33(17-12-26)21-5-8-23(9-6-21)36-18-4-15-32-13-2-1-3-14-32/h5-10,19H,1-4,11-18,20H2. The van der Waals surface area contributed by atoms with Gasteiger partial charge in [-0.15, -0.1) is 0 Å². The molecule has 3 fully saturated rings. The van der Waals surface area contributed by atoms with Gasteiger partial charge in [-0.25, -0.2) is 9.78 Å². The van der Waals surface area contributed by atoms with Gasteiger partial charge in [0.25, 0.3) is 0 Å². The monoisotopic (exact) mass is 518 g/mol. The number of ether oxygens (including phenoxy) is 2. The lowest BCUT2D eigenvalue weighted by atomic mass is 9.91. The lowest BCUT2D eigenvalue weighted by Gasteiger charge is -2.38. The third-order valence-electron chi connectivity index (χ3n) is 7.53. The normalized spacial score (nSPS) is 20.4. The van der Waals surface area contributed by atoms with E-state index in [1.807, 2.05) is 12.1 Å². The van der Waals surface area contributed by atoms with Gasteiger partial charge in [0, 0.05) is 38.2 Å². The van der Waals surface area contributed by atoms with Crippen LogP contribution in [0.5, 0.6) is 5.75 Å². The Bertz CT molecular complexity index is 1050. The first-order valence-electron chi connectivity index (χ1n) is 13.1. The molecule has 2 aromatic rings. The molecule has 1 aromatic heterocycles. The average molecular weight is 519 g/mol. The van der Waals surface area contributed by atoms with Crippen molar-refractivity contribution in [1.29, 1.82) is 0 Å². The molecule has 3 aliphatic rings. The van der Waals surface area contributed by atoms with Crippen LogP contribution >= 0.6 is 0 Å². The van der Waals surface area contributed by atoms with Crippen LogP contribution in [0.15, 0.2) is 42.6 Å². The molecule has 5 rings (SSSR count). The fourth-order valence-corrected chi connectivity index (χ4v) is 5.38. The van der Waals surface area contributed by atoms with E-state index < -0.39 is 23.6 Å². The molecule has 37 heavy (non-hydrogen) atoms. The summed E-state index contributed by atoms with van der Waals surface area (Å²) < 4.78 is 50.1. The first-order chi connectivity index (χ1) is 17.8. The summed E-state index contributed by atoms with van der Waals surface area (Å²) in [7, 11) is 0. The van der Waals surface area contributed by atoms with E-state index in [1.165, 1.54) is 43.3 Å². The number of nitrogens with zero attached hydrogens (tertiary/aromatic N) is 4. The van der Waals surface area contributed by atoms with Crippen LogP contribution in [-0.4, -0.2) is 67.5 Å². The molecule has 0 bridgehead atoms. The van der Waals surface area contributed by atoms with Gasteiger partial charge in [-0.3, -0.25) is 4.90 Å². The molecule has 3 aliphatic heterocycles. The van der Waals surface area contributed by atoms with Crippen molar-refractivity contribution >= 4 is 17.5 Å². The van der Waals surface area contributed by atoms with Crippen LogP contribution in [0.2, 0.25) is 0 Å². The number of likely N-dealkylation sites (tertiary alicyclic amines) is 1. The van der Waals surface area contributed by atoms with E-state index in [4.69, 9.17) is 9.47 Å². The number of rotatable bonds is 7. The third-order valence-corrected chi connectivity index (χ3v) is 7.53. The van der Waals surface area contributed by atoms with E-state index in [0.29, 0.717) is 44.8 Å². The molecule has 0 radical (unpaired) electrons. The Labute approximate surface area is 215 Å². The lowest BCUT2D eigenvalue weighted by molar-refractivity contribution is -0.141. The number of anilines is 2. The van der Waals surface area contributed by atoms with Crippen molar-refractivity contribution in [2.75, 3.05) is 55.7 Å². The number of hydrogen-bond donors (Lipinski definition) is 0. The van der Waals surface area contributed by atoms with Gasteiger partial charge in [-0.1, -0.05) is 6.42 Å². The molecular formula is C27H33F3N4O3. The second-order valence-corrected chi connectivity index (χ2v) is 10.1. The number of benzene rings is 1. The van der Waals surface area contributed by atoms with Crippen molar-refractivity contribution in [1.82, 2.24) is 9.88 Å². The van der Waals surface area contributed by atoms with Crippen LogP contribution in [-0.2, 0) is 10.9 Å². The Hall–Kier alpha value is -3.01. The fourth-order valence-electron chi connectivity index (χ4n) is 5.38. The van der Waals surface area contributed by atoms with E-state index in [1.54, 1.807) is 0 Å². The minimum Gasteiger partial charge on any atom is -0.494 e. The maximum Gasteiger partial charge on any atom is 0.433 e. The summed E-state index contributed by atoms with van der Waals surface area (Å²) in [5.41, 5.74) is -0.235. The van der Waals surface area contributed by atoms with Crippen molar-refractivity contribution in [2.45, 2.75) is 50.3 Å². The predicted molar refractivity (Wildman–Crippen MR) is 134 cm³/mol. The largest absolute Gasteiger partial charge is 0.494 e. The minimum atomic E-state index is -4.52. The zero-order valence-electron chi connectivity index (χ0n) is 20.9. The van der Waals surface area contributed by atoms with Gasteiger partial charge in [-0.05, 0) is 68.8 Å². The van der Waals surface area contributed by atoms with Crippen molar-refractivity contribution in [3.05, 3.63) is 48.3 Å². The number of alkyl halides is 3. The summed E-state index contributed by atoms with van der Waals surface area (Å²) in [6.07, 6.45) is 2.27. The Morgan fingerprint density at radius 2 is 1.65 bits per heavy atom. The van der Waals surface area contributed by atoms with Crippen LogP contribution in [0.3, 0.4) is 0 Å². The van der Waals surface area contributed by atoms with Crippen LogP contribution in [0.25, 0.3) is 0 Å². The minimum absolute atomic E-state index is 0.303. The Morgan fingerprint density at radius 1 is 0.946 bits per heavy atom. The van der Waals surface area contributed by atoms with Crippen molar-refractivity contribution in [3.8, 4) is 5.75 Å². The maximum absolute atomic E-state index is 12.8. The number of piperidine rings is 2. The Balaban J connectivity index is 1.09. The summed E-state index contributed by atoms with van der Waals surface area (Å²) >= 11 is 0. The van der Waals surface area contributed by atoms with Crippen molar-refractivity contribution in [2.24, 2.45) is 0 Å². The van der Waals surface area contributed by atoms with E-state index in [0.717, 1.165) is 36.7 Å². The number of amides is 1. The summed E-state index contributed by atoms with van der Waals surface area (Å²) in [6, 6.07) is 10.3. The van der Waals surface area contributed by atoms with Crippen molar-refractivity contribution < 1.29 is 27.4 Å². The fraction of sp³-hybridized carbons (Fsp3) is 0.556. The smallest absolute Gasteiger partial charge is 0.433 e. The highest BCUT2D eigenvalue weighted by atomic mass is 19.4. The molecule has 0 atom stereocenters. The number of pyridine rings is 1. The van der Waals surface area contributed by atoms with Gasteiger partial charge in [-0.2, -0.15) is 13.2 Å². The van der Waals surface area contributed by atoms with Gasteiger partial charge in [0.1, 0.15) is 17.0 Å². The van der Waals surface area contributed by atoms with E-state index >= 15 is 0 Å². The molecule has 0 aliphatic carbocycles. The zero-order valence-corrected chi connectivity index (χ0v) is 20.9. The van der Waals surface area contributed by atoms with Gasteiger partial charge in [0.15, 0.2) is 0 Å². The molecule has 1 amide bonds. The van der Waals surface area contributed by atoms with Gasteiger partial charge < -0.3 is 19.3 Å². The second kappa shape index (κ2) is 10.8. The summed E-state index contributed by atoms with van der Waals surface area (Å²) in [4.78, 5) is 22.2. The molecule has 10 heteroatoms. The van der Waals surface area contributed by atoms with Crippen LogP contribution < -0.4 is 14.5 Å². The highest BCUT2D eigenvalue weighted by molar-refractivity contribution is 5.90. The molecule has 1 spiro atoms. The van der Waals surface area contributed by atoms with E-state index in [-0.39, 0.29) is 0 Å². The van der Waals surface area contributed by atoms with Gasteiger partial charge in [0.2, 0.25) is 0 Å².